The zero-order valence-electron chi connectivity index (χ0n) is 14.7. The van der Waals surface area contributed by atoms with Gasteiger partial charge in [0, 0.05) is 17.5 Å². The Morgan fingerprint density at radius 1 is 0.920 bits per heavy atom. The van der Waals surface area contributed by atoms with Crippen LogP contribution in [0.2, 0.25) is 0 Å². The number of Topliss-reactive ketones (excluding diaryl/α,β-unsaturated/α-hetero) is 1. The van der Waals surface area contributed by atoms with Crippen LogP contribution in [-0.4, -0.2) is 30.3 Å². The number of ketones is 1. The maximum absolute atomic E-state index is 13.1. The lowest BCUT2D eigenvalue weighted by molar-refractivity contribution is 0.0560. The van der Waals surface area contributed by atoms with Crippen LogP contribution < -0.4 is 0 Å². The molecule has 2 aromatic rings. The molecule has 1 spiro atoms. The molecule has 128 valence electrons. The Kier molecular flexibility index (Phi) is 4.54. The number of fused-ring (bicyclic) bond motifs is 1. The molecule has 0 aromatic heterocycles. The number of aryl methyl sites for hydroxylation is 1. The molecule has 1 saturated heterocycles. The van der Waals surface area contributed by atoms with Crippen LogP contribution in [0.1, 0.15) is 40.7 Å². The minimum absolute atomic E-state index is 0.103. The summed E-state index contributed by atoms with van der Waals surface area (Å²) >= 11 is 0. The van der Waals surface area contributed by atoms with Crippen molar-refractivity contribution in [3.63, 3.8) is 0 Å². The van der Waals surface area contributed by atoms with E-state index in [9.17, 15) is 4.79 Å². The van der Waals surface area contributed by atoms with Crippen molar-refractivity contribution >= 4 is 11.9 Å². The summed E-state index contributed by atoms with van der Waals surface area (Å²) in [5.74, 6) is 0.397. The Labute approximate surface area is 150 Å². The molecule has 1 aliphatic heterocycles. The highest BCUT2D eigenvalue weighted by Gasteiger charge is 2.43. The highest BCUT2D eigenvalue weighted by molar-refractivity contribution is 6.02. The van der Waals surface area contributed by atoms with Crippen molar-refractivity contribution in [1.29, 1.82) is 0 Å². The maximum Gasteiger partial charge on any atom is 0.169 e. The van der Waals surface area contributed by atoms with Crippen molar-refractivity contribution < 1.29 is 4.79 Å². The molecular formula is C23H25NO. The zero-order valence-corrected chi connectivity index (χ0v) is 14.7. The summed E-state index contributed by atoms with van der Waals surface area (Å²) in [6, 6.07) is 18.6. The van der Waals surface area contributed by atoms with Gasteiger partial charge in [-0.2, -0.15) is 0 Å². The highest BCUT2D eigenvalue weighted by atomic mass is 16.1. The number of hydrogen-bond donors (Lipinski definition) is 0. The van der Waals surface area contributed by atoms with E-state index in [1.165, 1.54) is 11.1 Å². The Morgan fingerprint density at radius 3 is 2.44 bits per heavy atom. The first-order valence-electron chi connectivity index (χ1n) is 9.34. The van der Waals surface area contributed by atoms with Gasteiger partial charge in [0.2, 0.25) is 0 Å². The molecule has 0 unspecified atom stereocenters. The molecule has 25 heavy (non-hydrogen) atoms. The van der Waals surface area contributed by atoms with E-state index in [0.29, 0.717) is 5.78 Å². The highest BCUT2D eigenvalue weighted by Crippen LogP contribution is 2.43. The van der Waals surface area contributed by atoms with E-state index in [0.717, 1.165) is 50.9 Å². The fourth-order valence-electron chi connectivity index (χ4n) is 4.28. The van der Waals surface area contributed by atoms with Gasteiger partial charge in [-0.05, 0) is 49.9 Å². The van der Waals surface area contributed by atoms with E-state index >= 15 is 0 Å². The van der Waals surface area contributed by atoms with Crippen LogP contribution in [0.3, 0.4) is 0 Å². The van der Waals surface area contributed by atoms with Gasteiger partial charge in [0.25, 0.3) is 0 Å². The summed E-state index contributed by atoms with van der Waals surface area (Å²) < 4.78 is 0. The lowest BCUT2D eigenvalue weighted by atomic mass is 9.65. The van der Waals surface area contributed by atoms with E-state index in [2.05, 4.69) is 47.4 Å². The molecule has 0 bridgehead atoms. The molecule has 2 aromatic carbocycles. The molecule has 2 heteroatoms. The zero-order chi connectivity index (χ0) is 17.1. The quantitative estimate of drug-likeness (QED) is 0.818. The SMILES string of the molecule is O=C1c2ccccc2CCC12CCN(CC=Cc1ccccc1)CC2. The molecular weight excluding hydrogens is 306 g/mol. The first-order chi connectivity index (χ1) is 12.3. The Bertz CT molecular complexity index is 770. The standard InChI is InChI=1S/C23H25NO/c25-22-21-11-5-4-10-20(21)12-13-23(22)14-17-24(18-15-23)16-6-9-19-7-2-1-3-8-19/h1-11H,12-18H2. The minimum Gasteiger partial charge on any atom is -0.300 e. The Balaban J connectivity index is 1.37. The second kappa shape index (κ2) is 6.97. The summed E-state index contributed by atoms with van der Waals surface area (Å²) in [6.45, 7) is 3.01. The number of piperidine rings is 1. The van der Waals surface area contributed by atoms with Gasteiger partial charge in [0.15, 0.2) is 5.78 Å². The second-order valence-corrected chi connectivity index (χ2v) is 7.38. The third-order valence-corrected chi connectivity index (χ3v) is 5.90. The predicted molar refractivity (Wildman–Crippen MR) is 103 cm³/mol. The second-order valence-electron chi connectivity index (χ2n) is 7.38. The monoisotopic (exact) mass is 331 g/mol. The Morgan fingerprint density at radius 2 is 1.64 bits per heavy atom. The first-order valence-corrected chi connectivity index (χ1v) is 9.34. The molecule has 0 N–H and O–H groups in total. The number of rotatable bonds is 3. The van der Waals surface area contributed by atoms with Gasteiger partial charge in [0.1, 0.15) is 0 Å². The molecule has 0 amide bonds. The molecule has 2 nitrogen and oxygen atoms in total. The van der Waals surface area contributed by atoms with Crippen molar-refractivity contribution in [2.24, 2.45) is 5.41 Å². The largest absolute Gasteiger partial charge is 0.300 e. The number of likely N-dealkylation sites (tertiary alicyclic amines) is 1. The van der Waals surface area contributed by atoms with Gasteiger partial charge in [-0.3, -0.25) is 9.69 Å². The average Bonchev–Trinajstić information content (AvgIpc) is 2.68. The molecule has 1 fully saturated rings. The van der Waals surface area contributed by atoms with Crippen LogP contribution in [0.15, 0.2) is 60.7 Å². The smallest absolute Gasteiger partial charge is 0.169 e. The van der Waals surface area contributed by atoms with Crippen molar-refractivity contribution in [3.8, 4) is 0 Å². The number of carbonyl (C=O) groups is 1. The third-order valence-electron chi connectivity index (χ3n) is 5.90. The number of nitrogens with zero attached hydrogens (tertiary/aromatic N) is 1. The first kappa shape index (κ1) is 16.3. The molecule has 0 saturated carbocycles. The van der Waals surface area contributed by atoms with E-state index in [1.807, 2.05) is 24.3 Å². The van der Waals surface area contributed by atoms with Gasteiger partial charge in [-0.15, -0.1) is 0 Å². The predicted octanol–water partition coefficient (Wildman–Crippen LogP) is 4.61. The summed E-state index contributed by atoms with van der Waals surface area (Å²) in [5.41, 5.74) is 3.36. The fraction of sp³-hybridized carbons (Fsp3) is 0.348. The van der Waals surface area contributed by atoms with Crippen LogP contribution in [0, 0.1) is 5.41 Å². The van der Waals surface area contributed by atoms with Crippen LogP contribution in [-0.2, 0) is 6.42 Å². The number of benzene rings is 2. The fourth-order valence-corrected chi connectivity index (χ4v) is 4.28. The summed E-state index contributed by atoms with van der Waals surface area (Å²) in [6.07, 6.45) is 8.50. The lowest BCUT2D eigenvalue weighted by Gasteiger charge is -2.43. The molecule has 0 atom stereocenters. The van der Waals surface area contributed by atoms with Gasteiger partial charge in [-0.1, -0.05) is 66.7 Å². The van der Waals surface area contributed by atoms with Gasteiger partial charge in [-0.25, -0.2) is 0 Å². The minimum atomic E-state index is -0.103. The van der Waals surface area contributed by atoms with E-state index < -0.39 is 0 Å². The van der Waals surface area contributed by atoms with Crippen LogP contribution in [0.4, 0.5) is 0 Å². The molecule has 2 aliphatic rings. The van der Waals surface area contributed by atoms with E-state index in [-0.39, 0.29) is 5.41 Å². The van der Waals surface area contributed by atoms with Crippen LogP contribution >= 0.6 is 0 Å². The normalized spacial score (nSPS) is 20.1. The van der Waals surface area contributed by atoms with Crippen molar-refractivity contribution in [3.05, 3.63) is 77.4 Å². The lowest BCUT2D eigenvalue weighted by Crippen LogP contribution is -2.46. The maximum atomic E-state index is 13.1. The van der Waals surface area contributed by atoms with Gasteiger partial charge < -0.3 is 0 Å². The number of carbonyl (C=O) groups excluding carboxylic acids is 1. The third kappa shape index (κ3) is 3.32. The summed E-state index contributed by atoms with van der Waals surface area (Å²) in [7, 11) is 0. The molecule has 4 rings (SSSR count). The van der Waals surface area contributed by atoms with E-state index in [1.54, 1.807) is 0 Å². The summed E-state index contributed by atoms with van der Waals surface area (Å²) in [5, 5.41) is 0. The number of hydrogen-bond acceptors (Lipinski definition) is 2. The van der Waals surface area contributed by atoms with Gasteiger partial charge in [0.05, 0.1) is 0 Å². The van der Waals surface area contributed by atoms with E-state index in [4.69, 9.17) is 0 Å². The van der Waals surface area contributed by atoms with Gasteiger partial charge >= 0.3 is 0 Å². The van der Waals surface area contributed by atoms with Crippen molar-refractivity contribution in [2.45, 2.75) is 25.7 Å². The summed E-state index contributed by atoms with van der Waals surface area (Å²) in [4.78, 5) is 15.5. The van der Waals surface area contributed by atoms with Crippen LogP contribution in [0.5, 0.6) is 0 Å². The Hall–Kier alpha value is -2.19. The average molecular weight is 331 g/mol. The van der Waals surface area contributed by atoms with Crippen molar-refractivity contribution in [1.82, 2.24) is 4.90 Å². The molecule has 0 radical (unpaired) electrons. The molecule has 1 heterocycles. The van der Waals surface area contributed by atoms with Crippen LogP contribution in [0.25, 0.3) is 6.08 Å². The topological polar surface area (TPSA) is 20.3 Å². The molecule has 1 aliphatic carbocycles. The van der Waals surface area contributed by atoms with Crippen molar-refractivity contribution in [2.75, 3.05) is 19.6 Å².